The molecule has 0 radical (unpaired) electrons. The Bertz CT molecular complexity index is 404. The topological polar surface area (TPSA) is 46.3 Å². The van der Waals surface area contributed by atoms with Gasteiger partial charge in [0.15, 0.2) is 0 Å². The Morgan fingerprint density at radius 1 is 1.42 bits per heavy atom. The van der Waals surface area contributed by atoms with E-state index in [0.29, 0.717) is 12.6 Å². The number of aryl methyl sites for hydroxylation is 1. The third-order valence-corrected chi connectivity index (χ3v) is 4.04. The first-order valence-corrected chi connectivity index (χ1v) is 7.27. The standard InChI is InChI=1S/C16H24N2O/c1-13(12-17)16(19)18-11-5-8-15(18)10-9-14-6-3-2-4-7-14/h2-4,6-7,13,15H,5,8-12,17H2,1H3. The lowest BCUT2D eigenvalue weighted by molar-refractivity contribution is -0.135. The monoisotopic (exact) mass is 260 g/mol. The number of rotatable bonds is 5. The molecule has 1 fully saturated rings. The number of likely N-dealkylation sites (tertiary alicyclic amines) is 1. The minimum Gasteiger partial charge on any atom is -0.339 e. The van der Waals surface area contributed by atoms with E-state index < -0.39 is 0 Å². The Morgan fingerprint density at radius 3 is 2.84 bits per heavy atom. The molecule has 0 bridgehead atoms. The van der Waals surface area contributed by atoms with Crippen LogP contribution in [0.15, 0.2) is 30.3 Å². The highest BCUT2D eigenvalue weighted by Crippen LogP contribution is 2.23. The maximum absolute atomic E-state index is 12.2. The summed E-state index contributed by atoms with van der Waals surface area (Å²) in [5, 5.41) is 0. The predicted molar refractivity (Wildman–Crippen MR) is 77.7 cm³/mol. The SMILES string of the molecule is CC(CN)C(=O)N1CCCC1CCc1ccccc1. The molecule has 2 N–H and O–H groups in total. The highest BCUT2D eigenvalue weighted by molar-refractivity contribution is 5.79. The van der Waals surface area contributed by atoms with E-state index in [1.54, 1.807) is 0 Å². The van der Waals surface area contributed by atoms with Gasteiger partial charge in [-0.25, -0.2) is 0 Å². The summed E-state index contributed by atoms with van der Waals surface area (Å²) in [4.78, 5) is 14.3. The van der Waals surface area contributed by atoms with Gasteiger partial charge in [-0.1, -0.05) is 37.3 Å². The van der Waals surface area contributed by atoms with Crippen molar-refractivity contribution in [1.29, 1.82) is 0 Å². The van der Waals surface area contributed by atoms with Crippen molar-refractivity contribution in [2.24, 2.45) is 11.7 Å². The van der Waals surface area contributed by atoms with Crippen LogP contribution in [0.2, 0.25) is 0 Å². The van der Waals surface area contributed by atoms with Crippen LogP contribution in [-0.4, -0.2) is 29.9 Å². The van der Waals surface area contributed by atoms with Gasteiger partial charge in [0, 0.05) is 25.0 Å². The molecule has 2 unspecified atom stereocenters. The van der Waals surface area contributed by atoms with Crippen molar-refractivity contribution in [3.05, 3.63) is 35.9 Å². The number of amides is 1. The van der Waals surface area contributed by atoms with Crippen LogP contribution in [0, 0.1) is 5.92 Å². The fraction of sp³-hybridized carbons (Fsp3) is 0.562. The number of hydrogen-bond acceptors (Lipinski definition) is 2. The lowest BCUT2D eigenvalue weighted by Crippen LogP contribution is -2.41. The van der Waals surface area contributed by atoms with Gasteiger partial charge >= 0.3 is 0 Å². The van der Waals surface area contributed by atoms with E-state index in [9.17, 15) is 4.79 Å². The van der Waals surface area contributed by atoms with Gasteiger partial charge in [0.2, 0.25) is 5.91 Å². The van der Waals surface area contributed by atoms with Crippen molar-refractivity contribution in [1.82, 2.24) is 4.90 Å². The van der Waals surface area contributed by atoms with E-state index in [2.05, 4.69) is 29.2 Å². The number of benzene rings is 1. The molecule has 0 spiro atoms. The van der Waals surface area contributed by atoms with Crippen molar-refractivity contribution in [2.45, 2.75) is 38.6 Å². The van der Waals surface area contributed by atoms with Gasteiger partial charge in [0.05, 0.1) is 0 Å². The Balaban J connectivity index is 1.90. The highest BCUT2D eigenvalue weighted by atomic mass is 16.2. The number of carbonyl (C=O) groups excluding carboxylic acids is 1. The van der Waals surface area contributed by atoms with Crippen LogP contribution in [0.5, 0.6) is 0 Å². The molecule has 1 aromatic rings. The summed E-state index contributed by atoms with van der Waals surface area (Å²) in [5.74, 6) is 0.190. The first-order valence-electron chi connectivity index (χ1n) is 7.27. The zero-order valence-electron chi connectivity index (χ0n) is 11.7. The number of nitrogens with two attached hydrogens (primary N) is 1. The molecule has 3 heteroatoms. The summed E-state index contributed by atoms with van der Waals surface area (Å²) in [6, 6.07) is 10.9. The smallest absolute Gasteiger partial charge is 0.226 e. The zero-order valence-corrected chi connectivity index (χ0v) is 11.7. The van der Waals surface area contributed by atoms with Gasteiger partial charge in [-0.15, -0.1) is 0 Å². The lowest BCUT2D eigenvalue weighted by Gasteiger charge is -2.27. The van der Waals surface area contributed by atoms with E-state index in [1.807, 2.05) is 13.0 Å². The second-order valence-corrected chi connectivity index (χ2v) is 5.49. The van der Waals surface area contributed by atoms with Crippen LogP contribution in [0.25, 0.3) is 0 Å². The van der Waals surface area contributed by atoms with Gasteiger partial charge in [0.25, 0.3) is 0 Å². The fourth-order valence-electron chi connectivity index (χ4n) is 2.79. The molecular weight excluding hydrogens is 236 g/mol. The zero-order chi connectivity index (χ0) is 13.7. The van der Waals surface area contributed by atoms with Gasteiger partial charge in [-0.3, -0.25) is 4.79 Å². The molecular formula is C16H24N2O. The van der Waals surface area contributed by atoms with E-state index in [0.717, 1.165) is 32.2 Å². The van der Waals surface area contributed by atoms with Gasteiger partial charge in [-0.2, -0.15) is 0 Å². The Labute approximate surface area is 115 Å². The van der Waals surface area contributed by atoms with Crippen molar-refractivity contribution in [3.8, 4) is 0 Å². The van der Waals surface area contributed by atoms with Crippen molar-refractivity contribution < 1.29 is 4.79 Å². The van der Waals surface area contributed by atoms with Crippen LogP contribution in [0.1, 0.15) is 31.7 Å². The maximum atomic E-state index is 12.2. The van der Waals surface area contributed by atoms with Crippen molar-refractivity contribution in [2.75, 3.05) is 13.1 Å². The molecule has 0 aliphatic carbocycles. The summed E-state index contributed by atoms with van der Waals surface area (Å²) in [5.41, 5.74) is 6.96. The second-order valence-electron chi connectivity index (χ2n) is 5.49. The minimum absolute atomic E-state index is 0.0441. The molecule has 1 aliphatic heterocycles. The predicted octanol–water partition coefficient (Wildman–Crippen LogP) is 2.21. The second kappa shape index (κ2) is 6.71. The van der Waals surface area contributed by atoms with E-state index >= 15 is 0 Å². The largest absolute Gasteiger partial charge is 0.339 e. The summed E-state index contributed by atoms with van der Waals surface area (Å²) in [6.07, 6.45) is 4.37. The molecule has 1 aliphatic rings. The van der Waals surface area contributed by atoms with Crippen LogP contribution < -0.4 is 5.73 Å². The summed E-state index contributed by atoms with van der Waals surface area (Å²) in [7, 11) is 0. The number of nitrogens with zero attached hydrogens (tertiary/aromatic N) is 1. The molecule has 1 aromatic carbocycles. The number of hydrogen-bond donors (Lipinski definition) is 1. The molecule has 0 saturated carbocycles. The lowest BCUT2D eigenvalue weighted by atomic mass is 10.0. The van der Waals surface area contributed by atoms with Gasteiger partial charge in [0.1, 0.15) is 0 Å². The van der Waals surface area contributed by atoms with Crippen LogP contribution >= 0.6 is 0 Å². The van der Waals surface area contributed by atoms with Crippen molar-refractivity contribution >= 4 is 5.91 Å². The first kappa shape index (κ1) is 14.1. The molecule has 0 aromatic heterocycles. The van der Waals surface area contributed by atoms with Crippen LogP contribution in [0.4, 0.5) is 0 Å². The van der Waals surface area contributed by atoms with Crippen molar-refractivity contribution in [3.63, 3.8) is 0 Å². The molecule has 3 nitrogen and oxygen atoms in total. The Hall–Kier alpha value is -1.35. The Kier molecular flexibility index (Phi) is 4.97. The van der Waals surface area contributed by atoms with Crippen LogP contribution in [-0.2, 0) is 11.2 Å². The molecule has 1 amide bonds. The average Bonchev–Trinajstić information content (AvgIpc) is 2.93. The molecule has 104 valence electrons. The summed E-state index contributed by atoms with van der Waals surface area (Å²) in [6.45, 7) is 3.28. The molecule has 1 heterocycles. The molecule has 1 saturated heterocycles. The number of carbonyl (C=O) groups is 1. The Morgan fingerprint density at radius 2 is 2.16 bits per heavy atom. The fourth-order valence-corrected chi connectivity index (χ4v) is 2.79. The van der Waals surface area contributed by atoms with Crippen LogP contribution in [0.3, 0.4) is 0 Å². The summed E-state index contributed by atoms with van der Waals surface area (Å²) >= 11 is 0. The normalized spacial score (nSPS) is 20.5. The minimum atomic E-state index is -0.0441. The molecule has 2 rings (SSSR count). The maximum Gasteiger partial charge on any atom is 0.226 e. The van der Waals surface area contributed by atoms with Gasteiger partial charge in [-0.05, 0) is 31.2 Å². The third-order valence-electron chi connectivity index (χ3n) is 4.04. The van der Waals surface area contributed by atoms with E-state index in [-0.39, 0.29) is 11.8 Å². The molecule has 2 atom stereocenters. The quantitative estimate of drug-likeness (QED) is 0.882. The first-order chi connectivity index (χ1) is 9.22. The average molecular weight is 260 g/mol. The van der Waals surface area contributed by atoms with E-state index in [1.165, 1.54) is 5.56 Å². The van der Waals surface area contributed by atoms with Gasteiger partial charge < -0.3 is 10.6 Å². The molecule has 19 heavy (non-hydrogen) atoms. The van der Waals surface area contributed by atoms with E-state index in [4.69, 9.17) is 5.73 Å². The summed E-state index contributed by atoms with van der Waals surface area (Å²) < 4.78 is 0. The highest BCUT2D eigenvalue weighted by Gasteiger charge is 2.30. The third kappa shape index (κ3) is 3.57.